The van der Waals surface area contributed by atoms with E-state index in [9.17, 15) is 18.0 Å². The highest BCUT2D eigenvalue weighted by atomic mass is 19.3. The summed E-state index contributed by atoms with van der Waals surface area (Å²) in [6.07, 6.45) is 9.07. The molecule has 1 aliphatic rings. The minimum absolute atomic E-state index is 0.0544. The van der Waals surface area contributed by atoms with Crippen molar-refractivity contribution < 1.29 is 18.0 Å². The Morgan fingerprint density at radius 2 is 1.56 bits per heavy atom. The molecule has 1 aliphatic heterocycles. The molecular formula is C26H47F3N2O. The fourth-order valence-electron chi connectivity index (χ4n) is 2.09. The van der Waals surface area contributed by atoms with Crippen molar-refractivity contribution >= 4 is 12.0 Å². The van der Waals surface area contributed by atoms with E-state index < -0.39 is 17.3 Å². The summed E-state index contributed by atoms with van der Waals surface area (Å²) in [6, 6.07) is 3.82. The Balaban J connectivity index is -0.000000177. The summed E-state index contributed by atoms with van der Waals surface area (Å²) in [5, 5.41) is 0. The van der Waals surface area contributed by atoms with E-state index in [1.165, 1.54) is 45.4 Å². The van der Waals surface area contributed by atoms with Gasteiger partial charge in [0.25, 0.3) is 5.92 Å². The van der Waals surface area contributed by atoms with Gasteiger partial charge < -0.3 is 5.73 Å². The molecule has 0 aliphatic carbocycles. The van der Waals surface area contributed by atoms with Crippen LogP contribution in [0.15, 0.2) is 35.0 Å². The van der Waals surface area contributed by atoms with Crippen molar-refractivity contribution in [3.05, 3.63) is 46.9 Å². The number of aryl methyl sites for hydroxylation is 1. The summed E-state index contributed by atoms with van der Waals surface area (Å²) in [7, 11) is 1.50. The van der Waals surface area contributed by atoms with Gasteiger partial charge in [0.2, 0.25) is 0 Å². The Morgan fingerprint density at radius 3 is 1.81 bits per heavy atom. The molecule has 2 N–H and O–H groups in total. The summed E-state index contributed by atoms with van der Waals surface area (Å²) in [5.74, 6) is -3.89. The van der Waals surface area contributed by atoms with Gasteiger partial charge in [0.05, 0.1) is 5.56 Å². The molecule has 0 atom stereocenters. The molecule has 3 nitrogen and oxygen atoms in total. The quantitative estimate of drug-likeness (QED) is 0.481. The third-order valence-corrected chi connectivity index (χ3v) is 3.63. The molecular weight excluding hydrogens is 413 g/mol. The number of nitrogens with zero attached hydrogens (tertiary/aromatic N) is 1. The lowest BCUT2D eigenvalue weighted by Crippen LogP contribution is -2.10. The Kier molecular flexibility index (Phi) is 29.6. The van der Waals surface area contributed by atoms with Crippen molar-refractivity contribution in [2.45, 2.75) is 100 Å². The highest BCUT2D eigenvalue weighted by Gasteiger charge is 2.28. The minimum Gasteiger partial charge on any atom is -0.333 e. The predicted molar refractivity (Wildman–Crippen MR) is 135 cm³/mol. The van der Waals surface area contributed by atoms with E-state index in [1.54, 1.807) is 6.21 Å². The molecule has 0 radical (unpaired) electrons. The lowest BCUT2D eigenvalue weighted by molar-refractivity contribution is -0.113. The van der Waals surface area contributed by atoms with Gasteiger partial charge in [-0.1, -0.05) is 73.8 Å². The van der Waals surface area contributed by atoms with Gasteiger partial charge in [0.1, 0.15) is 11.5 Å². The molecule has 2 rings (SSSR count). The molecule has 0 spiro atoms. The first kappa shape index (κ1) is 37.4. The number of nitrogens with two attached hydrogens (primary N) is 1. The third-order valence-electron chi connectivity index (χ3n) is 3.63. The highest BCUT2D eigenvalue weighted by molar-refractivity contribution is 5.96. The number of halogens is 3. The zero-order chi connectivity index (χ0) is 26.2. The monoisotopic (exact) mass is 460 g/mol. The number of rotatable bonds is 5. The van der Waals surface area contributed by atoms with Crippen LogP contribution in [0.1, 0.15) is 99.1 Å². The lowest BCUT2D eigenvalue weighted by Gasteiger charge is -2.12. The smallest absolute Gasteiger partial charge is 0.273 e. The van der Waals surface area contributed by atoms with E-state index in [4.69, 9.17) is 0 Å². The van der Waals surface area contributed by atoms with Crippen LogP contribution in [-0.2, 0) is 17.1 Å². The number of hydrogen-bond acceptors (Lipinski definition) is 3. The molecule has 6 heteroatoms. The molecule has 0 unspecified atom stereocenters. The maximum Gasteiger partial charge on any atom is 0.273 e. The fraction of sp³-hybridized carbons (Fsp3) is 0.615. The maximum absolute atomic E-state index is 12.9. The van der Waals surface area contributed by atoms with Crippen LogP contribution in [0.2, 0.25) is 0 Å². The highest BCUT2D eigenvalue weighted by Crippen LogP contribution is 2.29. The normalized spacial score (nSPS) is 10.8. The molecule has 1 heterocycles. The van der Waals surface area contributed by atoms with Gasteiger partial charge in [0.15, 0.2) is 5.78 Å². The average molecular weight is 461 g/mol. The van der Waals surface area contributed by atoms with Gasteiger partial charge in [-0.3, -0.25) is 9.79 Å². The second-order valence-corrected chi connectivity index (χ2v) is 6.10. The van der Waals surface area contributed by atoms with E-state index >= 15 is 0 Å². The average Bonchev–Trinajstić information content (AvgIpc) is 3.34. The molecule has 0 fully saturated rings. The Bertz CT molecular complexity index is 620. The van der Waals surface area contributed by atoms with E-state index in [-0.39, 0.29) is 5.78 Å². The van der Waals surface area contributed by atoms with Crippen LogP contribution in [-0.4, -0.2) is 19.0 Å². The number of unbranched alkanes of at least 4 members (excludes halogenated alkanes) is 2. The van der Waals surface area contributed by atoms with Crippen LogP contribution in [0.25, 0.3) is 0 Å². The minimum atomic E-state index is -3.10. The first-order valence-corrected chi connectivity index (χ1v) is 11.6. The first-order valence-electron chi connectivity index (χ1n) is 11.6. The topological polar surface area (TPSA) is 55.5 Å². The number of hydrogen-bond donors (Lipinski definition) is 1. The zero-order valence-corrected chi connectivity index (χ0v) is 22.0. The van der Waals surface area contributed by atoms with Crippen molar-refractivity contribution in [3.63, 3.8) is 0 Å². The summed E-state index contributed by atoms with van der Waals surface area (Å²) in [4.78, 5) is 14.3. The van der Waals surface area contributed by atoms with Crippen LogP contribution in [0.3, 0.4) is 0 Å². The predicted octanol–water partition coefficient (Wildman–Crippen LogP) is 8.26. The number of carbonyl (C=O) groups excluding carboxylic acids is 1. The van der Waals surface area contributed by atoms with Gasteiger partial charge in [-0.2, -0.15) is 0 Å². The number of alkyl halides is 2. The maximum atomic E-state index is 12.9. The molecule has 188 valence electrons. The Morgan fingerprint density at radius 1 is 1.06 bits per heavy atom. The standard InChI is InChI=1S/C10H11F3.C6H7NO.C5H12.2C2H6.CH5N/c1-3-7-4-5-9(11)8(6-7)10(2,12)13;1-5(8)6-3-2-4-7-6;1-3-5-4-2;3*1-2/h4-6H,3H2,1-2H3;3-4H,2H2,1H3;3-5H2,1-2H3;2*1-2H3;2H2,1H3. The Labute approximate surface area is 195 Å². The zero-order valence-electron chi connectivity index (χ0n) is 22.0. The van der Waals surface area contributed by atoms with Crippen LogP contribution in [0.5, 0.6) is 0 Å². The summed E-state index contributed by atoms with van der Waals surface area (Å²) < 4.78 is 38.5. The molecule has 0 aromatic heterocycles. The van der Waals surface area contributed by atoms with Crippen LogP contribution >= 0.6 is 0 Å². The van der Waals surface area contributed by atoms with Gasteiger partial charge in [-0.05, 0) is 37.2 Å². The molecule has 1 aromatic carbocycles. The van der Waals surface area contributed by atoms with E-state index in [2.05, 4.69) is 24.6 Å². The molecule has 0 saturated heterocycles. The van der Waals surface area contributed by atoms with Gasteiger partial charge in [-0.15, -0.1) is 0 Å². The number of carbonyl (C=O) groups is 1. The lowest BCUT2D eigenvalue weighted by atomic mass is 10.0. The van der Waals surface area contributed by atoms with Crippen LogP contribution < -0.4 is 5.73 Å². The van der Waals surface area contributed by atoms with Crippen molar-refractivity contribution in [3.8, 4) is 0 Å². The SMILES string of the molecule is CC.CC.CC(=O)C1=CCC=N1.CCCCC.CCc1ccc(F)c(C(C)(F)F)c1.CN. The Hall–Kier alpha value is -1.95. The van der Waals surface area contributed by atoms with E-state index in [0.717, 1.165) is 18.1 Å². The molecule has 0 amide bonds. The first-order chi connectivity index (χ1) is 15.2. The van der Waals surface area contributed by atoms with Crippen LogP contribution in [0.4, 0.5) is 13.2 Å². The van der Waals surface area contributed by atoms with E-state index in [0.29, 0.717) is 19.0 Å². The summed E-state index contributed by atoms with van der Waals surface area (Å²) in [6.45, 7) is 16.5. The van der Waals surface area contributed by atoms with Gasteiger partial charge in [0, 0.05) is 26.5 Å². The van der Waals surface area contributed by atoms with Crippen molar-refractivity contribution in [1.82, 2.24) is 0 Å². The number of benzene rings is 1. The number of allylic oxidation sites excluding steroid dienone is 2. The molecule has 32 heavy (non-hydrogen) atoms. The van der Waals surface area contributed by atoms with Crippen LogP contribution in [0, 0.1) is 5.82 Å². The summed E-state index contributed by atoms with van der Waals surface area (Å²) in [5.41, 5.74) is 5.30. The van der Waals surface area contributed by atoms with Gasteiger partial charge >= 0.3 is 0 Å². The second kappa shape index (κ2) is 25.3. The number of Topliss-reactive ketones (excluding diaryl/α,β-unsaturated/α-hetero) is 1. The molecule has 1 aromatic rings. The van der Waals surface area contributed by atoms with Crippen molar-refractivity contribution in [2.24, 2.45) is 10.7 Å². The number of ketones is 1. The summed E-state index contributed by atoms with van der Waals surface area (Å²) >= 11 is 0. The van der Waals surface area contributed by atoms with Crippen molar-refractivity contribution in [1.29, 1.82) is 0 Å². The van der Waals surface area contributed by atoms with Gasteiger partial charge in [-0.25, -0.2) is 13.2 Å². The number of aliphatic imine (C=N–C) groups is 1. The molecule has 0 bridgehead atoms. The van der Waals surface area contributed by atoms with Crippen molar-refractivity contribution in [2.75, 3.05) is 7.05 Å². The largest absolute Gasteiger partial charge is 0.333 e. The third kappa shape index (κ3) is 20.0. The fourth-order valence-corrected chi connectivity index (χ4v) is 2.09. The second-order valence-electron chi connectivity index (χ2n) is 6.10. The molecule has 0 saturated carbocycles. The van der Waals surface area contributed by atoms with E-state index in [1.807, 2.05) is 40.7 Å².